The van der Waals surface area contributed by atoms with Crippen LogP contribution in [0.4, 0.5) is 16.2 Å². The predicted molar refractivity (Wildman–Crippen MR) is 181 cm³/mol. The number of nitrogens with one attached hydrogen (secondary N) is 1. The molecule has 0 spiro atoms. The van der Waals surface area contributed by atoms with Crippen molar-refractivity contribution in [1.82, 2.24) is 24.5 Å². The third kappa shape index (κ3) is 5.08. The average molecular weight is 651 g/mol. The van der Waals surface area contributed by atoms with Gasteiger partial charge in [-0.05, 0) is 65.8 Å². The van der Waals surface area contributed by atoms with Crippen LogP contribution >= 0.6 is 11.6 Å². The number of nitrogens with zero attached hydrogens (tertiary/aromatic N) is 7. The molecule has 12 heteroatoms. The van der Waals surface area contributed by atoms with Crippen LogP contribution in [0.25, 0.3) is 21.7 Å². The summed E-state index contributed by atoms with van der Waals surface area (Å²) in [7, 11) is 3.02. The molecule has 5 aromatic rings. The predicted octanol–water partition coefficient (Wildman–Crippen LogP) is 6.53. The first-order chi connectivity index (χ1) is 22.4. The number of fused-ring (bicyclic) bond motifs is 2. The van der Waals surface area contributed by atoms with Crippen molar-refractivity contribution in [2.24, 2.45) is 18.4 Å². The Morgan fingerprint density at radius 3 is 2.64 bits per heavy atom. The molecule has 11 nitrogen and oxygen atoms in total. The fourth-order valence-corrected chi connectivity index (χ4v) is 7.15. The highest BCUT2D eigenvalue weighted by atomic mass is 35.5. The Morgan fingerprint density at radius 2 is 1.98 bits per heavy atom. The van der Waals surface area contributed by atoms with E-state index in [-0.39, 0.29) is 21.5 Å². The number of aryl methyl sites for hydroxylation is 1. The number of carbonyl (C=O) groups is 1. The third-order valence-corrected chi connectivity index (χ3v) is 9.75. The molecule has 0 aliphatic heterocycles. The Bertz CT molecular complexity index is 2160. The molecule has 2 bridgehead atoms. The summed E-state index contributed by atoms with van der Waals surface area (Å²) >= 11 is 6.91. The van der Waals surface area contributed by atoms with Gasteiger partial charge in [-0.3, -0.25) is 14.7 Å². The quantitative estimate of drug-likeness (QED) is 0.210. The molecule has 3 aliphatic carbocycles. The molecule has 1 amide bonds. The summed E-state index contributed by atoms with van der Waals surface area (Å²) in [5, 5.41) is 24.7. The highest BCUT2D eigenvalue weighted by Crippen LogP contribution is 2.62. The summed E-state index contributed by atoms with van der Waals surface area (Å²) in [4.78, 5) is 33.2. The van der Waals surface area contributed by atoms with Crippen molar-refractivity contribution < 1.29 is 9.53 Å². The number of hydrogen-bond donors (Lipinski definition) is 1. The smallest absolute Gasteiger partial charge is 0.414 e. The van der Waals surface area contributed by atoms with E-state index in [1.54, 1.807) is 37.5 Å². The molecule has 240 valence electrons. The lowest BCUT2D eigenvalue weighted by Gasteiger charge is -2.61. The van der Waals surface area contributed by atoms with Crippen molar-refractivity contribution >= 4 is 50.7 Å². The second-order valence-electron chi connectivity index (χ2n) is 14.0. The van der Waals surface area contributed by atoms with Crippen LogP contribution in [-0.2, 0) is 17.3 Å². The standard InChI is InChI=1S/C35H35ClN8O3/c1-34(2,3)19-39-29-21(16-37)17-38-30-26(29)11-22(12-27(30)36)44(33(46)47-5)31(28-18-43(41-40-28)35-13-20(14-35)15-35)24-7-6-8-25-23(24)9-10-42(4)32(25)45/h6-12,17-18,20,31H,13-15,19H2,1-5H3,(H,38,39)/t20?,31-,35?/m0/s1. The molecular formula is C35H35ClN8O3. The second-order valence-corrected chi connectivity index (χ2v) is 14.4. The number of anilines is 2. The Morgan fingerprint density at radius 1 is 1.21 bits per heavy atom. The summed E-state index contributed by atoms with van der Waals surface area (Å²) in [5.74, 6) is 0.729. The number of methoxy groups -OCH3 is 1. The molecule has 2 aromatic carbocycles. The number of pyridine rings is 2. The maximum absolute atomic E-state index is 14.0. The van der Waals surface area contributed by atoms with Gasteiger partial charge in [-0.1, -0.05) is 49.7 Å². The first kappa shape index (κ1) is 30.7. The van der Waals surface area contributed by atoms with E-state index in [9.17, 15) is 14.9 Å². The monoisotopic (exact) mass is 650 g/mol. The lowest BCUT2D eigenvalue weighted by molar-refractivity contribution is -0.0989. The number of carbonyl (C=O) groups excluding carboxylic acids is 1. The number of halogens is 1. The zero-order valence-corrected chi connectivity index (χ0v) is 27.7. The molecule has 3 saturated carbocycles. The van der Waals surface area contributed by atoms with Gasteiger partial charge in [0.25, 0.3) is 5.56 Å². The van der Waals surface area contributed by atoms with Crippen molar-refractivity contribution in [3.63, 3.8) is 0 Å². The zero-order valence-electron chi connectivity index (χ0n) is 26.9. The normalized spacial score (nSPS) is 19.0. The Hall–Kier alpha value is -4.95. The van der Waals surface area contributed by atoms with Gasteiger partial charge in [0.1, 0.15) is 17.8 Å². The van der Waals surface area contributed by atoms with Crippen molar-refractivity contribution in [1.29, 1.82) is 5.26 Å². The first-order valence-electron chi connectivity index (χ1n) is 15.6. The van der Waals surface area contributed by atoms with Crippen LogP contribution < -0.4 is 15.8 Å². The summed E-state index contributed by atoms with van der Waals surface area (Å²) in [6.45, 7) is 6.85. The van der Waals surface area contributed by atoms with E-state index in [0.717, 1.165) is 25.2 Å². The van der Waals surface area contributed by atoms with Crippen LogP contribution in [-0.4, -0.2) is 44.3 Å². The lowest BCUT2D eigenvalue weighted by Crippen LogP contribution is -2.59. The Labute approximate surface area is 276 Å². The molecule has 47 heavy (non-hydrogen) atoms. The molecule has 0 unspecified atom stereocenters. The Balaban J connectivity index is 1.47. The number of benzene rings is 2. The van der Waals surface area contributed by atoms with E-state index in [0.29, 0.717) is 56.4 Å². The van der Waals surface area contributed by atoms with Crippen LogP contribution in [0.15, 0.2) is 59.8 Å². The van der Waals surface area contributed by atoms with Gasteiger partial charge in [0.15, 0.2) is 0 Å². The van der Waals surface area contributed by atoms with E-state index in [2.05, 4.69) is 47.5 Å². The molecule has 0 radical (unpaired) electrons. The largest absolute Gasteiger partial charge is 0.452 e. The van der Waals surface area contributed by atoms with Gasteiger partial charge in [0.2, 0.25) is 0 Å². The Kier molecular flexibility index (Phi) is 7.24. The summed E-state index contributed by atoms with van der Waals surface area (Å²) in [6.07, 6.45) is 7.63. The molecule has 3 aromatic heterocycles. The van der Waals surface area contributed by atoms with E-state index in [1.807, 2.05) is 23.0 Å². The summed E-state index contributed by atoms with van der Waals surface area (Å²) < 4.78 is 8.87. The van der Waals surface area contributed by atoms with Crippen molar-refractivity contribution in [3.8, 4) is 6.07 Å². The number of aromatic nitrogens is 5. The van der Waals surface area contributed by atoms with E-state index in [4.69, 9.17) is 16.3 Å². The number of nitriles is 1. The summed E-state index contributed by atoms with van der Waals surface area (Å²) in [5.41, 5.74) is 2.69. The van der Waals surface area contributed by atoms with Gasteiger partial charge in [0.05, 0.1) is 46.3 Å². The highest BCUT2D eigenvalue weighted by molar-refractivity contribution is 6.36. The average Bonchev–Trinajstić information content (AvgIpc) is 3.46. The minimum absolute atomic E-state index is 0.0372. The van der Waals surface area contributed by atoms with Gasteiger partial charge in [-0.25, -0.2) is 9.48 Å². The van der Waals surface area contributed by atoms with Crippen LogP contribution in [0.2, 0.25) is 5.02 Å². The van der Waals surface area contributed by atoms with Crippen molar-refractivity contribution in [2.45, 2.75) is 51.6 Å². The summed E-state index contributed by atoms with van der Waals surface area (Å²) in [6, 6.07) is 12.2. The number of hydrogen-bond acceptors (Lipinski definition) is 8. The maximum atomic E-state index is 14.0. The highest BCUT2D eigenvalue weighted by Gasteiger charge is 2.59. The first-order valence-corrected chi connectivity index (χ1v) is 16.0. The number of ether oxygens (including phenoxy) is 1. The third-order valence-electron chi connectivity index (χ3n) is 9.47. The maximum Gasteiger partial charge on any atom is 0.414 e. The van der Waals surface area contributed by atoms with Gasteiger partial charge in [0, 0.05) is 36.8 Å². The fraction of sp³-hybridized carbons (Fsp3) is 0.371. The molecular weight excluding hydrogens is 616 g/mol. The molecule has 1 N–H and O–H groups in total. The van der Waals surface area contributed by atoms with Gasteiger partial charge in [-0.15, -0.1) is 5.10 Å². The second kappa shape index (κ2) is 11.1. The van der Waals surface area contributed by atoms with Crippen LogP contribution in [0, 0.1) is 22.7 Å². The topological polar surface area (TPSA) is 131 Å². The molecule has 0 saturated heterocycles. The molecule has 1 atom stereocenters. The molecule has 3 aliphatic rings. The van der Waals surface area contributed by atoms with E-state index < -0.39 is 12.1 Å². The van der Waals surface area contributed by atoms with E-state index in [1.165, 1.54) is 22.8 Å². The van der Waals surface area contributed by atoms with Gasteiger partial charge in [-0.2, -0.15) is 5.26 Å². The zero-order chi connectivity index (χ0) is 33.2. The lowest BCUT2D eigenvalue weighted by atomic mass is 9.50. The minimum atomic E-state index is -0.856. The SMILES string of the molecule is COC(=O)N(c1cc(Cl)c2ncc(C#N)c(NCC(C)(C)C)c2c1)[C@H](c1cn(C23CC(C2)C3)nn1)c1cccc2c(=O)n(C)ccc12. The molecule has 3 heterocycles. The van der Waals surface area contributed by atoms with Gasteiger partial charge < -0.3 is 14.6 Å². The number of rotatable bonds is 7. The van der Waals surface area contributed by atoms with Crippen LogP contribution in [0.5, 0.6) is 0 Å². The van der Waals surface area contributed by atoms with Gasteiger partial charge >= 0.3 is 6.09 Å². The van der Waals surface area contributed by atoms with Crippen LogP contribution in [0.1, 0.15) is 62.9 Å². The molecule has 3 fully saturated rings. The number of amides is 1. The van der Waals surface area contributed by atoms with Crippen LogP contribution in [0.3, 0.4) is 0 Å². The molecule has 8 rings (SSSR count). The van der Waals surface area contributed by atoms with E-state index >= 15 is 0 Å². The van der Waals surface area contributed by atoms with Crippen molar-refractivity contribution in [2.75, 3.05) is 23.9 Å². The fourth-order valence-electron chi connectivity index (χ4n) is 6.89. The van der Waals surface area contributed by atoms with Crippen molar-refractivity contribution in [3.05, 3.63) is 87.2 Å². The minimum Gasteiger partial charge on any atom is -0.452 e.